The summed E-state index contributed by atoms with van der Waals surface area (Å²) in [5.41, 5.74) is 6.97. The lowest BCUT2D eigenvalue weighted by molar-refractivity contribution is -0.148. The molecule has 3 aliphatic rings. The fraction of sp³-hybridized carbons (Fsp3) is 0.409. The molecule has 10 heteroatoms. The third-order valence-electron chi connectivity index (χ3n) is 6.91. The quantitative estimate of drug-likeness (QED) is 0.434. The smallest absolute Gasteiger partial charge is 0.308 e. The number of pyridine rings is 1. The third-order valence-corrected chi connectivity index (χ3v) is 7.12. The average Bonchev–Trinajstić information content (AvgIpc) is 3.16. The first-order chi connectivity index (χ1) is 15.3. The van der Waals surface area contributed by atoms with Crippen molar-refractivity contribution in [3.8, 4) is 0 Å². The van der Waals surface area contributed by atoms with Crippen molar-refractivity contribution in [2.45, 2.75) is 31.7 Å². The van der Waals surface area contributed by atoms with Gasteiger partial charge in [-0.25, -0.2) is 15.0 Å². The van der Waals surface area contributed by atoms with Crippen LogP contribution in [0.15, 0.2) is 24.5 Å². The molecule has 32 heavy (non-hydrogen) atoms. The highest BCUT2D eigenvalue weighted by atomic mass is 35.5. The van der Waals surface area contributed by atoms with E-state index in [4.69, 9.17) is 22.7 Å². The molecule has 2 atom stereocenters. The number of anilines is 2. The van der Waals surface area contributed by atoms with Crippen LogP contribution in [-0.4, -0.2) is 42.3 Å². The fourth-order valence-electron chi connectivity index (χ4n) is 5.30. The van der Waals surface area contributed by atoms with E-state index in [-0.39, 0.29) is 35.2 Å². The molecular weight excluding hydrogens is 430 g/mol. The third kappa shape index (κ3) is 3.37. The summed E-state index contributed by atoms with van der Waals surface area (Å²) in [5, 5.41) is 23.2. The molecule has 9 nitrogen and oxygen atoms in total. The van der Waals surface area contributed by atoms with Crippen LogP contribution in [0.1, 0.15) is 37.1 Å². The van der Waals surface area contributed by atoms with E-state index >= 15 is 0 Å². The van der Waals surface area contributed by atoms with E-state index in [1.807, 2.05) is 23.9 Å². The van der Waals surface area contributed by atoms with Gasteiger partial charge < -0.3 is 20.7 Å². The Bertz CT molecular complexity index is 1230. The first kappa shape index (κ1) is 20.7. The topological polar surface area (TPSA) is 143 Å². The van der Waals surface area contributed by atoms with Gasteiger partial charge in [0.25, 0.3) is 0 Å². The molecule has 6 rings (SSSR count). The average molecular weight is 454 g/mol. The number of hydrogen-bond donors (Lipinski definition) is 4. The number of aromatic nitrogens is 4. The molecule has 3 fully saturated rings. The number of aryl methyl sites for hydroxylation is 1. The SMILES string of the molecule is Cn1ccc2c(NC3C4CCC(CC4)C3C(=O)O)nc(C(=N)c3cc(Cl)cnc3N)nc21. The van der Waals surface area contributed by atoms with Gasteiger partial charge in [0.15, 0.2) is 5.82 Å². The first-order valence-corrected chi connectivity index (χ1v) is 11.0. The highest BCUT2D eigenvalue weighted by Gasteiger charge is 2.47. The molecule has 0 aliphatic heterocycles. The summed E-state index contributed by atoms with van der Waals surface area (Å²) >= 11 is 6.07. The predicted octanol–water partition coefficient (Wildman–Crippen LogP) is 3.32. The maximum Gasteiger partial charge on any atom is 0.308 e. The van der Waals surface area contributed by atoms with Gasteiger partial charge in [-0.05, 0) is 49.7 Å². The summed E-state index contributed by atoms with van der Waals surface area (Å²) in [6.45, 7) is 0. The summed E-state index contributed by atoms with van der Waals surface area (Å²) in [4.78, 5) is 25.4. The van der Waals surface area contributed by atoms with Crippen molar-refractivity contribution in [1.29, 1.82) is 5.41 Å². The number of halogens is 1. The maximum absolute atomic E-state index is 12.1. The lowest BCUT2D eigenvalue weighted by Crippen LogP contribution is -2.51. The number of nitrogens with zero attached hydrogens (tertiary/aromatic N) is 4. The molecule has 0 aromatic carbocycles. The van der Waals surface area contributed by atoms with Crippen LogP contribution in [0.4, 0.5) is 11.6 Å². The molecule has 3 saturated carbocycles. The van der Waals surface area contributed by atoms with Gasteiger partial charge in [-0.15, -0.1) is 0 Å². The Morgan fingerprint density at radius 3 is 2.72 bits per heavy atom. The number of hydrogen-bond acceptors (Lipinski definition) is 7. The number of rotatable bonds is 5. The lowest BCUT2D eigenvalue weighted by Gasteiger charge is -2.47. The van der Waals surface area contributed by atoms with Crippen molar-refractivity contribution in [2.75, 3.05) is 11.1 Å². The molecule has 3 aromatic heterocycles. The van der Waals surface area contributed by atoms with Crippen molar-refractivity contribution in [1.82, 2.24) is 19.5 Å². The van der Waals surface area contributed by atoms with Gasteiger partial charge >= 0.3 is 5.97 Å². The normalized spacial score (nSPS) is 24.6. The Morgan fingerprint density at radius 2 is 2.00 bits per heavy atom. The Balaban J connectivity index is 1.58. The van der Waals surface area contributed by atoms with E-state index in [9.17, 15) is 9.90 Å². The van der Waals surface area contributed by atoms with Crippen LogP contribution >= 0.6 is 11.6 Å². The van der Waals surface area contributed by atoms with E-state index in [1.54, 1.807) is 6.07 Å². The maximum atomic E-state index is 12.1. The number of carbonyl (C=O) groups is 1. The molecule has 0 amide bonds. The van der Waals surface area contributed by atoms with Crippen molar-refractivity contribution in [3.05, 3.63) is 40.9 Å². The lowest BCUT2D eigenvalue weighted by atomic mass is 9.61. The van der Waals surface area contributed by atoms with Gasteiger partial charge in [-0.3, -0.25) is 10.2 Å². The molecule has 2 bridgehead atoms. The van der Waals surface area contributed by atoms with Crippen molar-refractivity contribution in [2.24, 2.45) is 24.8 Å². The van der Waals surface area contributed by atoms with Crippen LogP contribution in [0.3, 0.4) is 0 Å². The highest BCUT2D eigenvalue weighted by Crippen LogP contribution is 2.46. The van der Waals surface area contributed by atoms with Crippen molar-refractivity contribution in [3.63, 3.8) is 0 Å². The molecule has 166 valence electrons. The van der Waals surface area contributed by atoms with Crippen molar-refractivity contribution < 1.29 is 9.90 Å². The van der Waals surface area contributed by atoms with Crippen LogP contribution in [-0.2, 0) is 11.8 Å². The largest absolute Gasteiger partial charge is 0.481 e. The van der Waals surface area contributed by atoms with Gasteiger partial charge in [0.05, 0.1) is 16.3 Å². The van der Waals surface area contributed by atoms with Crippen LogP contribution in [0.25, 0.3) is 11.0 Å². The monoisotopic (exact) mass is 453 g/mol. The number of carboxylic acid groups (broad SMARTS) is 1. The zero-order chi connectivity index (χ0) is 22.6. The van der Waals surface area contributed by atoms with Gasteiger partial charge in [-0.2, -0.15) is 0 Å². The zero-order valence-corrected chi connectivity index (χ0v) is 18.3. The molecular formula is C22H24ClN7O2. The van der Waals surface area contributed by atoms with E-state index in [0.29, 0.717) is 22.1 Å². The van der Waals surface area contributed by atoms with Gasteiger partial charge in [0, 0.05) is 31.0 Å². The van der Waals surface area contributed by atoms with Gasteiger partial charge in [-0.1, -0.05) is 11.6 Å². The van der Waals surface area contributed by atoms with E-state index in [0.717, 1.165) is 31.1 Å². The summed E-state index contributed by atoms with van der Waals surface area (Å²) in [6, 6.07) is 3.26. The van der Waals surface area contributed by atoms with Crippen LogP contribution in [0.2, 0.25) is 5.02 Å². The molecule has 3 aliphatic carbocycles. The Morgan fingerprint density at radius 1 is 1.28 bits per heavy atom. The number of fused-ring (bicyclic) bond motifs is 4. The summed E-state index contributed by atoms with van der Waals surface area (Å²) in [6.07, 6.45) is 7.24. The predicted molar refractivity (Wildman–Crippen MR) is 122 cm³/mol. The van der Waals surface area contributed by atoms with Gasteiger partial charge in [0.1, 0.15) is 23.0 Å². The minimum absolute atomic E-state index is 0.00333. The number of nitrogens with one attached hydrogen (secondary N) is 2. The summed E-state index contributed by atoms with van der Waals surface area (Å²) in [7, 11) is 1.87. The van der Waals surface area contributed by atoms with Crippen LogP contribution < -0.4 is 11.1 Å². The second-order valence-electron chi connectivity index (χ2n) is 8.73. The molecule has 2 unspecified atom stereocenters. The molecule has 0 saturated heterocycles. The fourth-order valence-corrected chi connectivity index (χ4v) is 5.46. The highest BCUT2D eigenvalue weighted by molar-refractivity contribution is 6.31. The number of carboxylic acids is 1. The Labute approximate surface area is 189 Å². The number of aliphatic carboxylic acids is 1. The molecule has 0 spiro atoms. The van der Waals surface area contributed by atoms with E-state index in [1.165, 1.54) is 6.20 Å². The van der Waals surface area contributed by atoms with E-state index in [2.05, 4.69) is 20.3 Å². The summed E-state index contributed by atoms with van der Waals surface area (Å²) < 4.78 is 1.85. The number of nitrogens with two attached hydrogens (primary N) is 1. The molecule has 5 N–H and O–H groups in total. The first-order valence-electron chi connectivity index (χ1n) is 10.7. The second kappa shape index (κ2) is 7.74. The molecule has 3 aromatic rings. The summed E-state index contributed by atoms with van der Waals surface area (Å²) in [5.74, 6) is 0.120. The van der Waals surface area contributed by atoms with Crippen molar-refractivity contribution >= 4 is 46.0 Å². The van der Waals surface area contributed by atoms with Gasteiger partial charge in [0.2, 0.25) is 0 Å². The standard InChI is InChI=1S/C22H24ClN7O2/c1-30-7-6-13-19(27-17-11-4-2-10(3-5-11)15(17)22(31)32)28-20(29-21(13)30)16(24)14-8-12(23)9-26-18(14)25/h6-11,15,17,24H,2-5H2,1H3,(H2,25,26)(H,31,32)(H,27,28,29). The Kier molecular flexibility index (Phi) is 5.00. The van der Waals surface area contributed by atoms with E-state index < -0.39 is 11.9 Å². The minimum Gasteiger partial charge on any atom is -0.481 e. The Hall–Kier alpha value is -3.20. The minimum atomic E-state index is -0.763. The molecule has 0 radical (unpaired) electrons. The zero-order valence-electron chi connectivity index (χ0n) is 17.5. The second-order valence-corrected chi connectivity index (χ2v) is 9.17. The van der Waals surface area contributed by atoms with Crippen LogP contribution in [0, 0.1) is 23.2 Å². The number of nitrogen functional groups attached to an aromatic ring is 1. The van der Waals surface area contributed by atoms with Crippen LogP contribution in [0.5, 0.6) is 0 Å². The molecule has 3 heterocycles.